The van der Waals surface area contributed by atoms with Gasteiger partial charge in [0.2, 0.25) is 0 Å². The minimum absolute atomic E-state index is 0.431. The molecule has 0 atom stereocenters. The Labute approximate surface area is 157 Å². The van der Waals surface area contributed by atoms with Crippen LogP contribution in [0.3, 0.4) is 0 Å². The number of piperazine rings is 1. The Morgan fingerprint density at radius 1 is 1.12 bits per heavy atom. The van der Waals surface area contributed by atoms with Crippen molar-refractivity contribution in [1.29, 1.82) is 0 Å². The smallest absolute Gasteiger partial charge is 0.265 e. The number of fused-ring (bicyclic) bond motifs is 1. The lowest BCUT2D eigenvalue weighted by atomic mass is 10.1. The normalized spacial score (nSPS) is 14.7. The predicted octanol–water partition coefficient (Wildman–Crippen LogP) is 2.85. The van der Waals surface area contributed by atoms with Crippen molar-refractivity contribution in [3.8, 4) is 0 Å². The lowest BCUT2D eigenvalue weighted by Crippen LogP contribution is -2.43. The Morgan fingerprint density at radius 3 is 2.62 bits per heavy atom. The molecule has 1 aliphatic heterocycles. The highest BCUT2D eigenvalue weighted by Gasteiger charge is 2.19. The average molecular weight is 369 g/mol. The van der Waals surface area contributed by atoms with Crippen LogP contribution in [-0.4, -0.2) is 36.7 Å². The lowest BCUT2D eigenvalue weighted by molar-refractivity contribution is 0.0992. The third-order valence-electron chi connectivity index (χ3n) is 4.92. The molecule has 0 unspecified atom stereocenters. The number of halogens is 1. The molecule has 26 heavy (non-hydrogen) atoms. The summed E-state index contributed by atoms with van der Waals surface area (Å²) in [6.07, 6.45) is 0. The number of nitrogens with two attached hydrogens (primary N) is 1. The second-order valence-electron chi connectivity index (χ2n) is 6.52. The van der Waals surface area contributed by atoms with E-state index < -0.39 is 5.91 Å². The molecule has 1 aromatic heterocycles. The minimum atomic E-state index is -0.431. The van der Waals surface area contributed by atoms with Crippen LogP contribution < -0.4 is 16.0 Å². The molecule has 0 bridgehead atoms. The van der Waals surface area contributed by atoms with Gasteiger partial charge in [-0.25, -0.2) is 0 Å². The van der Waals surface area contributed by atoms with Gasteiger partial charge < -0.3 is 20.5 Å². The van der Waals surface area contributed by atoms with E-state index in [4.69, 9.17) is 17.3 Å². The summed E-state index contributed by atoms with van der Waals surface area (Å²) in [6, 6.07) is 15.8. The molecule has 0 radical (unpaired) electrons. The number of anilines is 1. The third kappa shape index (κ3) is 3.04. The van der Waals surface area contributed by atoms with E-state index in [1.54, 1.807) is 0 Å². The predicted molar refractivity (Wildman–Crippen MR) is 106 cm³/mol. The van der Waals surface area contributed by atoms with E-state index >= 15 is 0 Å². The molecule has 2 heterocycles. The number of carbonyl (C=O) groups is 1. The monoisotopic (exact) mass is 368 g/mol. The van der Waals surface area contributed by atoms with Crippen LogP contribution >= 0.6 is 11.6 Å². The molecular weight excluding hydrogens is 348 g/mol. The summed E-state index contributed by atoms with van der Waals surface area (Å²) in [7, 11) is 0. The summed E-state index contributed by atoms with van der Waals surface area (Å²) in [5.41, 5.74) is 9.28. The van der Waals surface area contributed by atoms with Crippen LogP contribution in [0.2, 0.25) is 5.02 Å². The van der Waals surface area contributed by atoms with E-state index in [1.165, 1.54) is 0 Å². The summed E-state index contributed by atoms with van der Waals surface area (Å²) >= 11 is 6.33. The number of hydrogen-bond acceptors (Lipinski definition) is 3. The Kier molecular flexibility index (Phi) is 4.57. The number of amides is 1. The molecule has 1 aliphatic rings. The molecule has 1 fully saturated rings. The molecule has 2 aromatic carbocycles. The van der Waals surface area contributed by atoms with Crippen LogP contribution in [0.5, 0.6) is 0 Å². The maximum Gasteiger partial charge on any atom is 0.265 e. The van der Waals surface area contributed by atoms with Gasteiger partial charge in [-0.05, 0) is 29.8 Å². The van der Waals surface area contributed by atoms with Crippen LogP contribution in [0.25, 0.3) is 10.9 Å². The van der Waals surface area contributed by atoms with Crippen molar-refractivity contribution in [1.82, 2.24) is 9.88 Å². The zero-order chi connectivity index (χ0) is 18.1. The van der Waals surface area contributed by atoms with Crippen molar-refractivity contribution in [3.63, 3.8) is 0 Å². The fraction of sp³-hybridized carbons (Fsp3) is 0.250. The van der Waals surface area contributed by atoms with Gasteiger partial charge in [-0.15, -0.1) is 0 Å². The second kappa shape index (κ2) is 7.02. The van der Waals surface area contributed by atoms with Gasteiger partial charge in [-0.2, -0.15) is 0 Å². The summed E-state index contributed by atoms with van der Waals surface area (Å²) in [5, 5.41) is 5.11. The number of carbonyl (C=O) groups excluding carboxylic acids is 1. The highest BCUT2D eigenvalue weighted by Crippen LogP contribution is 2.31. The number of nitrogens with zero attached hydrogens (tertiary/aromatic N) is 2. The van der Waals surface area contributed by atoms with Crippen molar-refractivity contribution in [2.75, 3.05) is 31.1 Å². The number of aromatic nitrogens is 1. The van der Waals surface area contributed by atoms with E-state index in [2.05, 4.69) is 16.3 Å². The zero-order valence-corrected chi connectivity index (χ0v) is 15.2. The van der Waals surface area contributed by atoms with Gasteiger partial charge in [-0.3, -0.25) is 4.79 Å². The SMILES string of the molecule is NC(=O)c1cc2c(N3CCNCC3)cccc2n1Cc1ccccc1Cl. The Balaban J connectivity index is 1.85. The Morgan fingerprint density at radius 2 is 1.88 bits per heavy atom. The maximum atomic E-state index is 12.1. The standard InChI is InChI=1S/C20H21ClN4O/c21-16-5-2-1-4-14(16)13-25-18-7-3-6-17(24-10-8-23-9-11-24)15(18)12-19(25)20(22)26/h1-7,12,23H,8-11,13H2,(H2,22,26). The number of benzene rings is 2. The van der Waals surface area contributed by atoms with Crippen molar-refractivity contribution in [3.05, 3.63) is 64.8 Å². The summed E-state index contributed by atoms with van der Waals surface area (Å²) in [4.78, 5) is 14.4. The maximum absolute atomic E-state index is 12.1. The van der Waals surface area contributed by atoms with Crippen molar-refractivity contribution in [2.45, 2.75) is 6.54 Å². The molecule has 3 aromatic rings. The summed E-state index contributed by atoms with van der Waals surface area (Å²) < 4.78 is 1.96. The molecule has 6 heteroatoms. The summed E-state index contributed by atoms with van der Waals surface area (Å²) in [6.45, 7) is 4.31. The molecule has 0 spiro atoms. The van der Waals surface area contributed by atoms with E-state index in [0.717, 1.165) is 48.3 Å². The van der Waals surface area contributed by atoms with Gasteiger partial charge in [0.25, 0.3) is 5.91 Å². The summed E-state index contributed by atoms with van der Waals surface area (Å²) in [5.74, 6) is -0.431. The molecule has 3 N–H and O–H groups in total. The topological polar surface area (TPSA) is 63.3 Å². The van der Waals surface area contributed by atoms with Gasteiger partial charge in [-0.1, -0.05) is 35.9 Å². The minimum Gasteiger partial charge on any atom is -0.368 e. The van der Waals surface area contributed by atoms with E-state index in [9.17, 15) is 4.79 Å². The number of primary amides is 1. The van der Waals surface area contributed by atoms with Gasteiger partial charge in [0.05, 0.1) is 5.52 Å². The largest absolute Gasteiger partial charge is 0.368 e. The van der Waals surface area contributed by atoms with Crippen molar-refractivity contribution in [2.24, 2.45) is 5.73 Å². The van der Waals surface area contributed by atoms with E-state index in [-0.39, 0.29) is 0 Å². The van der Waals surface area contributed by atoms with Crippen molar-refractivity contribution >= 4 is 34.1 Å². The fourth-order valence-corrected chi connectivity index (χ4v) is 3.82. The van der Waals surface area contributed by atoms with Crippen LogP contribution in [0.15, 0.2) is 48.5 Å². The Bertz CT molecular complexity index is 960. The van der Waals surface area contributed by atoms with Crippen LogP contribution in [-0.2, 0) is 6.54 Å². The van der Waals surface area contributed by atoms with Gasteiger partial charge in [0.15, 0.2) is 0 Å². The highest BCUT2D eigenvalue weighted by molar-refractivity contribution is 6.31. The molecular formula is C20H21ClN4O. The van der Waals surface area contributed by atoms with E-state index in [1.807, 2.05) is 47.0 Å². The first-order valence-corrected chi connectivity index (χ1v) is 9.14. The fourth-order valence-electron chi connectivity index (χ4n) is 3.62. The van der Waals surface area contributed by atoms with Gasteiger partial charge >= 0.3 is 0 Å². The molecule has 0 aliphatic carbocycles. The molecule has 4 rings (SSSR count). The lowest BCUT2D eigenvalue weighted by Gasteiger charge is -2.30. The molecule has 0 saturated carbocycles. The zero-order valence-electron chi connectivity index (χ0n) is 14.4. The number of rotatable bonds is 4. The average Bonchev–Trinajstić information content (AvgIpc) is 3.03. The quantitative estimate of drug-likeness (QED) is 0.744. The number of hydrogen-bond donors (Lipinski definition) is 2. The molecule has 1 saturated heterocycles. The molecule has 5 nitrogen and oxygen atoms in total. The molecule has 1 amide bonds. The first-order valence-electron chi connectivity index (χ1n) is 8.76. The van der Waals surface area contributed by atoms with Crippen LogP contribution in [0.1, 0.15) is 16.1 Å². The van der Waals surface area contributed by atoms with Crippen LogP contribution in [0.4, 0.5) is 5.69 Å². The second-order valence-corrected chi connectivity index (χ2v) is 6.93. The van der Waals surface area contributed by atoms with Gasteiger partial charge in [0, 0.05) is 48.8 Å². The first-order chi connectivity index (χ1) is 12.6. The first kappa shape index (κ1) is 16.9. The van der Waals surface area contributed by atoms with E-state index in [0.29, 0.717) is 17.3 Å². The third-order valence-corrected chi connectivity index (χ3v) is 5.29. The van der Waals surface area contributed by atoms with Crippen LogP contribution in [0, 0.1) is 0 Å². The molecule has 134 valence electrons. The highest BCUT2D eigenvalue weighted by atomic mass is 35.5. The number of nitrogens with one attached hydrogen (secondary N) is 1. The Hall–Kier alpha value is -2.50. The van der Waals surface area contributed by atoms with Gasteiger partial charge in [0.1, 0.15) is 5.69 Å². The van der Waals surface area contributed by atoms with Crippen molar-refractivity contribution < 1.29 is 4.79 Å².